The Labute approximate surface area is 280 Å². The molecule has 12 nitrogen and oxygen atoms in total. The molecular formula is C36H43N5O7. The van der Waals surface area contributed by atoms with Crippen LogP contribution >= 0.6 is 0 Å². The first-order valence-electron chi connectivity index (χ1n) is 15.7. The third-order valence-corrected chi connectivity index (χ3v) is 7.15. The van der Waals surface area contributed by atoms with Crippen molar-refractivity contribution in [3.8, 4) is 0 Å². The van der Waals surface area contributed by atoms with Crippen LogP contribution < -0.4 is 16.0 Å². The number of fused-ring (bicyclic) bond motifs is 1. The summed E-state index contributed by atoms with van der Waals surface area (Å²) in [5, 5.41) is 9.93. The van der Waals surface area contributed by atoms with Crippen LogP contribution in [0.25, 0.3) is 10.8 Å². The highest BCUT2D eigenvalue weighted by Crippen LogP contribution is 2.26. The van der Waals surface area contributed by atoms with Crippen LogP contribution in [0.2, 0.25) is 0 Å². The summed E-state index contributed by atoms with van der Waals surface area (Å²) < 4.78 is 18.1. The summed E-state index contributed by atoms with van der Waals surface area (Å²) in [6, 6.07) is 20.8. The molecule has 0 fully saturated rings. The molecule has 4 aromatic rings. The number of alkyl carbamates (subject to hydrolysis) is 1. The van der Waals surface area contributed by atoms with Crippen LogP contribution in [0.3, 0.4) is 0 Å². The standard InChI is InChI=1S/C36H43N5O7/c1-7-47-32(43)30(27-18-17-25-15-11-12-16-26(25)19-27)41-20-29(37-23-41)39-31(42)28(22-46-21-24-13-9-8-10-14-24)38-33(44)36(5,6)40-34(45)48-35(2,3)4/h8-20,23,28,30H,7,21-22H2,1-6H3,(H,38,44)(H,39,42)(H,40,45)/t28-,30?/m1/s1. The van der Waals surface area contributed by atoms with Gasteiger partial charge in [-0.25, -0.2) is 14.6 Å². The lowest BCUT2D eigenvalue weighted by Gasteiger charge is -2.29. The average Bonchev–Trinajstić information content (AvgIpc) is 3.47. The number of ether oxygens (including phenoxy) is 3. The molecule has 0 aliphatic rings. The van der Waals surface area contributed by atoms with Crippen molar-refractivity contribution in [1.29, 1.82) is 0 Å². The van der Waals surface area contributed by atoms with E-state index in [1.54, 1.807) is 32.3 Å². The van der Waals surface area contributed by atoms with Crippen LogP contribution in [-0.4, -0.2) is 63.8 Å². The first kappa shape index (κ1) is 35.6. The maximum atomic E-state index is 13.6. The second kappa shape index (κ2) is 15.6. The number of benzene rings is 3. The fourth-order valence-electron chi connectivity index (χ4n) is 4.79. The number of amides is 3. The van der Waals surface area contributed by atoms with Gasteiger partial charge in [0.15, 0.2) is 11.9 Å². The summed E-state index contributed by atoms with van der Waals surface area (Å²) in [7, 11) is 0. The Morgan fingerprint density at radius 2 is 1.58 bits per heavy atom. The molecule has 0 saturated heterocycles. The van der Waals surface area contributed by atoms with Crippen molar-refractivity contribution < 1.29 is 33.4 Å². The zero-order valence-electron chi connectivity index (χ0n) is 28.1. The molecule has 1 heterocycles. The van der Waals surface area contributed by atoms with Crippen molar-refractivity contribution in [2.45, 2.75) is 71.4 Å². The van der Waals surface area contributed by atoms with Crippen LogP contribution in [0.15, 0.2) is 85.3 Å². The Bertz CT molecular complexity index is 1730. The Balaban J connectivity index is 1.53. The Morgan fingerprint density at radius 3 is 2.27 bits per heavy atom. The predicted molar refractivity (Wildman–Crippen MR) is 181 cm³/mol. The normalized spacial score (nSPS) is 12.9. The number of esters is 1. The van der Waals surface area contributed by atoms with Gasteiger partial charge in [-0.05, 0) is 69.5 Å². The molecule has 1 aromatic heterocycles. The minimum Gasteiger partial charge on any atom is -0.464 e. The molecule has 48 heavy (non-hydrogen) atoms. The topological polar surface area (TPSA) is 150 Å². The molecule has 0 aliphatic carbocycles. The van der Waals surface area contributed by atoms with E-state index in [2.05, 4.69) is 20.9 Å². The van der Waals surface area contributed by atoms with E-state index in [4.69, 9.17) is 14.2 Å². The van der Waals surface area contributed by atoms with Gasteiger partial charge in [-0.3, -0.25) is 9.59 Å². The highest BCUT2D eigenvalue weighted by atomic mass is 16.6. The lowest BCUT2D eigenvalue weighted by atomic mass is 10.0. The van der Waals surface area contributed by atoms with Crippen LogP contribution in [0.4, 0.5) is 10.6 Å². The smallest absolute Gasteiger partial charge is 0.408 e. The van der Waals surface area contributed by atoms with E-state index in [9.17, 15) is 19.2 Å². The molecule has 254 valence electrons. The van der Waals surface area contributed by atoms with Crippen LogP contribution in [0.5, 0.6) is 0 Å². The van der Waals surface area contributed by atoms with E-state index in [-0.39, 0.29) is 25.6 Å². The number of imidazole rings is 1. The number of rotatable bonds is 13. The van der Waals surface area contributed by atoms with Gasteiger partial charge in [0.05, 0.1) is 26.1 Å². The molecular weight excluding hydrogens is 614 g/mol. The van der Waals surface area contributed by atoms with Crippen LogP contribution in [0.1, 0.15) is 58.7 Å². The van der Waals surface area contributed by atoms with Crippen molar-refractivity contribution >= 4 is 40.5 Å². The van der Waals surface area contributed by atoms with Gasteiger partial charge in [-0.2, -0.15) is 0 Å². The average molecular weight is 658 g/mol. The van der Waals surface area contributed by atoms with Gasteiger partial charge >= 0.3 is 12.1 Å². The zero-order valence-corrected chi connectivity index (χ0v) is 28.1. The molecule has 0 spiro atoms. The van der Waals surface area contributed by atoms with Gasteiger partial charge in [0, 0.05) is 6.20 Å². The summed E-state index contributed by atoms with van der Waals surface area (Å²) in [4.78, 5) is 56.9. The van der Waals surface area contributed by atoms with Crippen LogP contribution in [-0.2, 0) is 35.2 Å². The minimum absolute atomic E-state index is 0.142. The number of carbonyl (C=O) groups is 4. The third kappa shape index (κ3) is 9.88. The number of carbonyl (C=O) groups excluding carboxylic acids is 4. The third-order valence-electron chi connectivity index (χ3n) is 7.15. The number of nitrogens with zero attached hydrogens (tertiary/aromatic N) is 2. The monoisotopic (exact) mass is 657 g/mol. The van der Waals surface area contributed by atoms with E-state index in [1.165, 1.54) is 26.4 Å². The van der Waals surface area contributed by atoms with E-state index < -0.39 is 47.1 Å². The molecule has 3 N–H and O–H groups in total. The minimum atomic E-state index is -1.44. The molecule has 3 amide bonds. The molecule has 1 unspecified atom stereocenters. The van der Waals surface area contributed by atoms with Gasteiger partial charge in [-0.1, -0.05) is 66.7 Å². The number of nitrogens with one attached hydrogen (secondary N) is 3. The number of hydrogen-bond donors (Lipinski definition) is 3. The molecule has 0 radical (unpaired) electrons. The second-order valence-corrected chi connectivity index (χ2v) is 12.7. The van der Waals surface area contributed by atoms with Gasteiger partial charge in [0.1, 0.15) is 17.2 Å². The summed E-state index contributed by atoms with van der Waals surface area (Å²) in [5.41, 5.74) is -0.642. The summed E-state index contributed by atoms with van der Waals surface area (Å²) in [5.74, 6) is -1.60. The van der Waals surface area contributed by atoms with Crippen molar-refractivity contribution in [1.82, 2.24) is 20.2 Å². The summed E-state index contributed by atoms with van der Waals surface area (Å²) in [6.45, 7) is 10.1. The number of aromatic nitrogens is 2. The van der Waals surface area contributed by atoms with Crippen molar-refractivity contribution in [2.75, 3.05) is 18.5 Å². The summed E-state index contributed by atoms with van der Waals surface area (Å²) in [6.07, 6.45) is 2.17. The molecule has 2 atom stereocenters. The largest absolute Gasteiger partial charge is 0.464 e. The van der Waals surface area contributed by atoms with Crippen molar-refractivity contribution in [3.63, 3.8) is 0 Å². The van der Waals surface area contributed by atoms with E-state index in [0.717, 1.165) is 16.3 Å². The van der Waals surface area contributed by atoms with E-state index >= 15 is 0 Å². The number of anilines is 1. The second-order valence-electron chi connectivity index (χ2n) is 12.7. The van der Waals surface area contributed by atoms with Crippen molar-refractivity contribution in [2.24, 2.45) is 0 Å². The molecule has 3 aromatic carbocycles. The maximum Gasteiger partial charge on any atom is 0.408 e. The first-order valence-corrected chi connectivity index (χ1v) is 15.7. The zero-order chi connectivity index (χ0) is 34.9. The van der Waals surface area contributed by atoms with E-state index in [0.29, 0.717) is 5.56 Å². The Hall–Kier alpha value is -5.23. The Morgan fingerprint density at radius 1 is 0.896 bits per heavy atom. The van der Waals surface area contributed by atoms with Gasteiger partial charge in [-0.15, -0.1) is 0 Å². The molecule has 0 saturated carbocycles. The van der Waals surface area contributed by atoms with Gasteiger partial charge < -0.3 is 34.7 Å². The summed E-state index contributed by atoms with van der Waals surface area (Å²) >= 11 is 0. The first-order chi connectivity index (χ1) is 22.8. The fourth-order valence-corrected chi connectivity index (χ4v) is 4.79. The quantitative estimate of drug-likeness (QED) is 0.168. The van der Waals surface area contributed by atoms with Gasteiger partial charge in [0.2, 0.25) is 5.91 Å². The molecule has 4 rings (SSSR count). The van der Waals surface area contributed by atoms with Gasteiger partial charge in [0.25, 0.3) is 5.91 Å². The SMILES string of the molecule is CCOC(=O)C(c1ccc2ccccc2c1)n1cnc(NC(=O)[C@@H](COCc2ccccc2)NC(=O)C(C)(C)NC(=O)OC(C)(C)C)c1. The fraction of sp³-hybridized carbons (Fsp3) is 0.361. The predicted octanol–water partition coefficient (Wildman–Crippen LogP) is 5.13. The molecule has 0 bridgehead atoms. The molecule has 0 aliphatic heterocycles. The maximum absolute atomic E-state index is 13.6. The lowest BCUT2D eigenvalue weighted by molar-refractivity contribution is -0.145. The highest BCUT2D eigenvalue weighted by Gasteiger charge is 2.35. The number of hydrogen-bond acceptors (Lipinski definition) is 8. The van der Waals surface area contributed by atoms with E-state index in [1.807, 2.05) is 72.8 Å². The lowest BCUT2D eigenvalue weighted by Crippen LogP contribution is -2.59. The van der Waals surface area contributed by atoms with Crippen molar-refractivity contribution in [3.05, 3.63) is 96.4 Å². The highest BCUT2D eigenvalue weighted by molar-refractivity contribution is 5.98. The van der Waals surface area contributed by atoms with Crippen LogP contribution in [0, 0.1) is 0 Å². The molecule has 12 heteroatoms. The Kier molecular flexibility index (Phi) is 11.6.